The number of para-hydroxylation sites is 1. The third kappa shape index (κ3) is 3.49. The molecule has 0 atom stereocenters. The fourth-order valence-corrected chi connectivity index (χ4v) is 3.03. The van der Waals surface area contributed by atoms with Gasteiger partial charge in [-0.15, -0.1) is 0 Å². The van der Waals surface area contributed by atoms with Gasteiger partial charge in [-0.25, -0.2) is 4.39 Å². The number of halogens is 1. The number of hydrogen-bond acceptors (Lipinski definition) is 3. The lowest BCUT2D eigenvalue weighted by Gasteiger charge is -2.34. The van der Waals surface area contributed by atoms with Gasteiger partial charge in [0.25, 0.3) is 0 Å². The Morgan fingerprint density at radius 1 is 1.00 bits per heavy atom. The van der Waals surface area contributed by atoms with Crippen LogP contribution in [-0.4, -0.2) is 42.1 Å². The minimum atomic E-state index is -0.697. The zero-order valence-electron chi connectivity index (χ0n) is 14.4. The minimum Gasteiger partial charge on any atom is -0.325 e. The molecule has 0 bridgehead atoms. The maximum atomic E-state index is 13.0. The SMILES string of the molecule is CCc1ccccc1N1CCN(CC(=O)c2ccc(F)cc2)C(=O)C1=O. The van der Waals surface area contributed by atoms with Gasteiger partial charge in [0.15, 0.2) is 5.78 Å². The zero-order valence-corrected chi connectivity index (χ0v) is 14.4. The molecule has 0 saturated carbocycles. The molecular formula is C20H19FN2O3. The number of aryl methyl sites for hydroxylation is 1. The van der Waals surface area contributed by atoms with Crippen LogP contribution in [0.4, 0.5) is 10.1 Å². The summed E-state index contributed by atoms with van der Waals surface area (Å²) in [6.45, 7) is 2.40. The van der Waals surface area contributed by atoms with Gasteiger partial charge >= 0.3 is 11.8 Å². The Morgan fingerprint density at radius 3 is 2.38 bits per heavy atom. The highest BCUT2D eigenvalue weighted by molar-refractivity contribution is 6.41. The molecule has 1 aliphatic heterocycles. The number of amides is 2. The molecule has 2 aromatic carbocycles. The third-order valence-electron chi connectivity index (χ3n) is 4.47. The van der Waals surface area contributed by atoms with Crippen LogP contribution in [0, 0.1) is 5.82 Å². The van der Waals surface area contributed by atoms with Gasteiger partial charge in [-0.1, -0.05) is 25.1 Å². The molecule has 0 spiro atoms. The summed E-state index contributed by atoms with van der Waals surface area (Å²) in [5.74, 6) is -2.09. The van der Waals surface area contributed by atoms with Crippen molar-refractivity contribution in [3.63, 3.8) is 0 Å². The van der Waals surface area contributed by atoms with Crippen LogP contribution in [-0.2, 0) is 16.0 Å². The van der Waals surface area contributed by atoms with Gasteiger partial charge in [-0.05, 0) is 42.3 Å². The number of carbonyl (C=O) groups excluding carboxylic acids is 3. The maximum Gasteiger partial charge on any atom is 0.316 e. The van der Waals surface area contributed by atoms with E-state index in [-0.39, 0.29) is 18.9 Å². The summed E-state index contributed by atoms with van der Waals surface area (Å²) in [4.78, 5) is 40.0. The van der Waals surface area contributed by atoms with Gasteiger partial charge in [0.2, 0.25) is 0 Å². The molecule has 0 radical (unpaired) electrons. The lowest BCUT2D eigenvalue weighted by atomic mass is 10.1. The Balaban J connectivity index is 1.73. The highest BCUT2D eigenvalue weighted by Gasteiger charge is 2.34. The number of nitrogens with zero attached hydrogens (tertiary/aromatic N) is 2. The van der Waals surface area contributed by atoms with E-state index in [1.54, 1.807) is 0 Å². The first-order valence-corrected chi connectivity index (χ1v) is 8.48. The monoisotopic (exact) mass is 354 g/mol. The van der Waals surface area contributed by atoms with Crippen molar-refractivity contribution in [1.29, 1.82) is 0 Å². The highest BCUT2D eigenvalue weighted by Crippen LogP contribution is 2.23. The summed E-state index contributed by atoms with van der Waals surface area (Å²) in [5.41, 5.74) is 2.03. The average Bonchev–Trinajstić information content (AvgIpc) is 2.66. The normalized spacial score (nSPS) is 14.7. The molecule has 3 rings (SSSR count). The number of carbonyl (C=O) groups is 3. The van der Waals surface area contributed by atoms with Gasteiger partial charge < -0.3 is 9.80 Å². The van der Waals surface area contributed by atoms with Gasteiger partial charge in [0.05, 0.1) is 6.54 Å². The fraction of sp³-hybridized carbons (Fsp3) is 0.250. The van der Waals surface area contributed by atoms with Gasteiger partial charge in [0, 0.05) is 24.3 Å². The van der Waals surface area contributed by atoms with E-state index in [1.807, 2.05) is 31.2 Å². The molecule has 2 aromatic rings. The lowest BCUT2D eigenvalue weighted by molar-refractivity contribution is -0.145. The number of rotatable bonds is 5. The van der Waals surface area contributed by atoms with Gasteiger partial charge in [-0.2, -0.15) is 0 Å². The van der Waals surface area contributed by atoms with Crippen LogP contribution in [0.25, 0.3) is 0 Å². The van der Waals surface area contributed by atoms with Crippen molar-refractivity contribution in [2.45, 2.75) is 13.3 Å². The van der Waals surface area contributed by atoms with Crippen LogP contribution < -0.4 is 4.90 Å². The van der Waals surface area contributed by atoms with Crippen molar-refractivity contribution in [1.82, 2.24) is 4.90 Å². The van der Waals surface area contributed by atoms with Crippen LogP contribution in [0.2, 0.25) is 0 Å². The summed E-state index contributed by atoms with van der Waals surface area (Å²) in [7, 11) is 0. The third-order valence-corrected chi connectivity index (χ3v) is 4.47. The van der Waals surface area contributed by atoms with Crippen molar-refractivity contribution < 1.29 is 18.8 Å². The molecular weight excluding hydrogens is 335 g/mol. The van der Waals surface area contributed by atoms with Crippen molar-refractivity contribution in [2.75, 3.05) is 24.5 Å². The van der Waals surface area contributed by atoms with Gasteiger partial charge in [-0.3, -0.25) is 14.4 Å². The van der Waals surface area contributed by atoms with Crippen LogP contribution in [0.1, 0.15) is 22.8 Å². The number of ketones is 1. The van der Waals surface area contributed by atoms with Crippen LogP contribution in [0.3, 0.4) is 0 Å². The Kier molecular flexibility index (Phi) is 5.11. The second kappa shape index (κ2) is 7.47. The number of anilines is 1. The van der Waals surface area contributed by atoms with Crippen molar-refractivity contribution in [2.24, 2.45) is 0 Å². The number of Topliss-reactive ketones (excluding diaryl/α,β-unsaturated/α-hetero) is 1. The molecule has 2 amide bonds. The van der Waals surface area contributed by atoms with Crippen LogP contribution >= 0.6 is 0 Å². The Labute approximate surface area is 151 Å². The molecule has 0 N–H and O–H groups in total. The van der Waals surface area contributed by atoms with Crippen LogP contribution in [0.5, 0.6) is 0 Å². The second-order valence-electron chi connectivity index (χ2n) is 6.10. The van der Waals surface area contributed by atoms with E-state index >= 15 is 0 Å². The van der Waals surface area contributed by atoms with E-state index in [1.165, 1.54) is 34.1 Å². The van der Waals surface area contributed by atoms with Crippen molar-refractivity contribution in [3.8, 4) is 0 Å². The van der Waals surface area contributed by atoms with E-state index < -0.39 is 17.6 Å². The summed E-state index contributed by atoms with van der Waals surface area (Å²) in [6.07, 6.45) is 0.751. The van der Waals surface area contributed by atoms with Crippen molar-refractivity contribution >= 4 is 23.3 Å². The highest BCUT2D eigenvalue weighted by atomic mass is 19.1. The van der Waals surface area contributed by atoms with Gasteiger partial charge in [0.1, 0.15) is 5.82 Å². The maximum absolute atomic E-state index is 13.0. The van der Waals surface area contributed by atoms with E-state index in [0.29, 0.717) is 12.1 Å². The topological polar surface area (TPSA) is 57.7 Å². The molecule has 0 aliphatic carbocycles. The second-order valence-corrected chi connectivity index (χ2v) is 6.10. The first-order valence-electron chi connectivity index (χ1n) is 8.48. The molecule has 6 heteroatoms. The van der Waals surface area contributed by atoms with E-state index in [9.17, 15) is 18.8 Å². The smallest absolute Gasteiger partial charge is 0.316 e. The van der Waals surface area contributed by atoms with E-state index in [2.05, 4.69) is 0 Å². The summed E-state index contributed by atoms with van der Waals surface area (Å²) in [6, 6.07) is 12.6. The summed E-state index contributed by atoms with van der Waals surface area (Å²) >= 11 is 0. The van der Waals surface area contributed by atoms with Crippen LogP contribution in [0.15, 0.2) is 48.5 Å². The molecule has 0 aromatic heterocycles. The fourth-order valence-electron chi connectivity index (χ4n) is 3.03. The molecule has 5 nitrogen and oxygen atoms in total. The quantitative estimate of drug-likeness (QED) is 0.612. The molecule has 1 saturated heterocycles. The molecule has 1 aliphatic rings. The first kappa shape index (κ1) is 17.8. The predicted molar refractivity (Wildman–Crippen MR) is 95.5 cm³/mol. The lowest BCUT2D eigenvalue weighted by Crippen LogP contribution is -2.55. The predicted octanol–water partition coefficient (Wildman–Crippen LogP) is 2.45. The van der Waals surface area contributed by atoms with E-state index in [0.717, 1.165) is 17.7 Å². The standard InChI is InChI=1S/C20H19FN2O3/c1-2-14-5-3-4-6-17(14)23-12-11-22(19(25)20(23)26)13-18(24)15-7-9-16(21)10-8-15/h3-10H,2,11-13H2,1H3. The van der Waals surface area contributed by atoms with E-state index in [4.69, 9.17) is 0 Å². The van der Waals surface area contributed by atoms with Crippen molar-refractivity contribution in [3.05, 3.63) is 65.5 Å². The number of benzene rings is 2. The molecule has 1 fully saturated rings. The molecule has 1 heterocycles. The molecule has 26 heavy (non-hydrogen) atoms. The Bertz CT molecular complexity index is 848. The molecule has 134 valence electrons. The minimum absolute atomic E-state index is 0.195. The number of piperazine rings is 1. The first-order chi connectivity index (χ1) is 12.5. The summed E-state index contributed by atoms with van der Waals surface area (Å²) < 4.78 is 13.0. The summed E-state index contributed by atoms with van der Waals surface area (Å²) in [5, 5.41) is 0. The Morgan fingerprint density at radius 2 is 1.69 bits per heavy atom. The molecule has 0 unspecified atom stereocenters. The zero-order chi connectivity index (χ0) is 18.7. The Hall–Kier alpha value is -3.02. The number of hydrogen-bond donors (Lipinski definition) is 0. The largest absolute Gasteiger partial charge is 0.325 e. The average molecular weight is 354 g/mol.